The van der Waals surface area contributed by atoms with Crippen LogP contribution in [-0.2, 0) is 6.42 Å². The van der Waals surface area contributed by atoms with Gasteiger partial charge in [-0.3, -0.25) is 0 Å². The van der Waals surface area contributed by atoms with Crippen LogP contribution < -0.4 is 10.5 Å². The van der Waals surface area contributed by atoms with Crippen molar-refractivity contribution in [3.8, 4) is 17.0 Å². The standard InChI is InChI=1S/C20H24N2O/c1-14-12-16(23-2)13-18-17(10-6-7-11-21)20(22-19(14)18)15-8-4-3-5-9-15/h3-5,8-9,12-13,22H,6-7,10-11,21H2,1-2H3. The average molecular weight is 308 g/mol. The van der Waals surface area contributed by atoms with Crippen LogP contribution in [0.3, 0.4) is 0 Å². The quantitative estimate of drug-likeness (QED) is 0.662. The fourth-order valence-electron chi connectivity index (χ4n) is 3.17. The van der Waals surface area contributed by atoms with E-state index in [4.69, 9.17) is 10.5 Å². The number of ether oxygens (including phenoxy) is 1. The molecule has 0 aliphatic heterocycles. The van der Waals surface area contributed by atoms with Gasteiger partial charge in [0.1, 0.15) is 5.75 Å². The first-order valence-corrected chi connectivity index (χ1v) is 8.19. The van der Waals surface area contributed by atoms with Gasteiger partial charge in [-0.1, -0.05) is 30.3 Å². The Labute approximate surface area is 137 Å². The minimum atomic E-state index is 0.741. The van der Waals surface area contributed by atoms with Crippen LogP contribution >= 0.6 is 0 Å². The van der Waals surface area contributed by atoms with Crippen LogP contribution in [0.15, 0.2) is 42.5 Å². The molecule has 0 saturated carbocycles. The van der Waals surface area contributed by atoms with Crippen molar-refractivity contribution in [1.82, 2.24) is 4.98 Å². The number of nitrogens with two attached hydrogens (primary N) is 1. The molecule has 0 aliphatic rings. The Morgan fingerprint density at radius 3 is 2.57 bits per heavy atom. The van der Waals surface area contributed by atoms with Crippen LogP contribution in [0.25, 0.3) is 22.2 Å². The Morgan fingerprint density at radius 2 is 1.87 bits per heavy atom. The predicted octanol–water partition coefficient (Wildman–Crippen LogP) is 4.43. The lowest BCUT2D eigenvalue weighted by Gasteiger charge is -2.06. The minimum absolute atomic E-state index is 0.741. The van der Waals surface area contributed by atoms with Gasteiger partial charge in [0.25, 0.3) is 0 Å². The number of aromatic amines is 1. The number of methoxy groups -OCH3 is 1. The van der Waals surface area contributed by atoms with Crippen molar-refractivity contribution in [3.05, 3.63) is 53.6 Å². The van der Waals surface area contributed by atoms with Crippen LogP contribution in [0, 0.1) is 6.92 Å². The number of hydrogen-bond donors (Lipinski definition) is 2. The molecule has 3 N–H and O–H groups in total. The van der Waals surface area contributed by atoms with Crippen molar-refractivity contribution in [2.45, 2.75) is 26.2 Å². The first-order chi connectivity index (χ1) is 11.2. The molecule has 0 aliphatic carbocycles. The molecule has 0 fully saturated rings. The molecular weight excluding hydrogens is 284 g/mol. The molecule has 3 rings (SSSR count). The van der Waals surface area contributed by atoms with Crippen molar-refractivity contribution in [1.29, 1.82) is 0 Å². The summed E-state index contributed by atoms with van der Waals surface area (Å²) in [4.78, 5) is 3.64. The molecule has 23 heavy (non-hydrogen) atoms. The van der Waals surface area contributed by atoms with Gasteiger partial charge >= 0.3 is 0 Å². The third-order valence-corrected chi connectivity index (χ3v) is 4.37. The third kappa shape index (κ3) is 3.10. The number of aromatic nitrogens is 1. The van der Waals surface area contributed by atoms with Gasteiger partial charge in [0.05, 0.1) is 7.11 Å². The van der Waals surface area contributed by atoms with Gasteiger partial charge in [-0.05, 0) is 61.6 Å². The van der Waals surface area contributed by atoms with Crippen LogP contribution in [0.2, 0.25) is 0 Å². The summed E-state index contributed by atoms with van der Waals surface area (Å²) in [6, 6.07) is 14.7. The lowest BCUT2D eigenvalue weighted by Crippen LogP contribution is -1.99. The van der Waals surface area contributed by atoms with Gasteiger partial charge in [-0.15, -0.1) is 0 Å². The third-order valence-electron chi connectivity index (χ3n) is 4.37. The van der Waals surface area contributed by atoms with E-state index in [2.05, 4.69) is 54.4 Å². The second-order valence-electron chi connectivity index (χ2n) is 5.96. The number of H-pyrrole nitrogens is 1. The highest BCUT2D eigenvalue weighted by Gasteiger charge is 2.15. The Kier molecular flexibility index (Phi) is 4.68. The molecule has 1 heterocycles. The zero-order chi connectivity index (χ0) is 16.2. The predicted molar refractivity (Wildman–Crippen MR) is 97.0 cm³/mol. The van der Waals surface area contributed by atoms with Crippen molar-refractivity contribution >= 4 is 10.9 Å². The number of aryl methyl sites for hydroxylation is 2. The summed E-state index contributed by atoms with van der Waals surface area (Å²) < 4.78 is 5.46. The van der Waals surface area contributed by atoms with Crippen molar-refractivity contribution < 1.29 is 4.74 Å². The van der Waals surface area contributed by atoms with Gasteiger partial charge in [-0.2, -0.15) is 0 Å². The maximum absolute atomic E-state index is 5.67. The van der Waals surface area contributed by atoms with E-state index in [0.717, 1.165) is 31.6 Å². The number of hydrogen-bond acceptors (Lipinski definition) is 2. The SMILES string of the molecule is COc1cc(C)c2[nH]c(-c3ccccc3)c(CCCCN)c2c1. The molecular formula is C20H24N2O. The molecule has 3 nitrogen and oxygen atoms in total. The van der Waals surface area contributed by atoms with E-state index >= 15 is 0 Å². The fraction of sp³-hybridized carbons (Fsp3) is 0.300. The Balaban J connectivity index is 2.17. The summed E-state index contributed by atoms with van der Waals surface area (Å²) in [6.45, 7) is 2.87. The second kappa shape index (κ2) is 6.88. The lowest BCUT2D eigenvalue weighted by molar-refractivity contribution is 0.415. The first-order valence-electron chi connectivity index (χ1n) is 8.19. The first kappa shape index (κ1) is 15.6. The normalized spacial score (nSPS) is 11.1. The largest absolute Gasteiger partial charge is 0.497 e. The van der Waals surface area contributed by atoms with Gasteiger partial charge in [0.15, 0.2) is 0 Å². The average Bonchev–Trinajstić information content (AvgIpc) is 2.95. The second-order valence-corrected chi connectivity index (χ2v) is 5.96. The van der Waals surface area contributed by atoms with E-state index in [-0.39, 0.29) is 0 Å². The van der Waals surface area contributed by atoms with E-state index in [9.17, 15) is 0 Å². The zero-order valence-electron chi connectivity index (χ0n) is 13.9. The smallest absolute Gasteiger partial charge is 0.119 e. The Hall–Kier alpha value is -2.26. The number of fused-ring (bicyclic) bond motifs is 1. The molecule has 0 amide bonds. The molecule has 3 aromatic rings. The molecule has 2 aromatic carbocycles. The van der Waals surface area contributed by atoms with E-state index in [1.54, 1.807) is 7.11 Å². The maximum atomic E-state index is 5.67. The van der Waals surface area contributed by atoms with E-state index in [0.29, 0.717) is 0 Å². The van der Waals surface area contributed by atoms with Crippen molar-refractivity contribution in [3.63, 3.8) is 0 Å². The summed E-state index contributed by atoms with van der Waals surface area (Å²) in [5.74, 6) is 0.911. The van der Waals surface area contributed by atoms with Gasteiger partial charge in [0, 0.05) is 16.6 Å². The summed E-state index contributed by atoms with van der Waals surface area (Å²) in [5.41, 5.74) is 11.9. The molecule has 0 saturated heterocycles. The number of benzene rings is 2. The summed E-state index contributed by atoms with van der Waals surface area (Å²) in [6.07, 6.45) is 3.16. The van der Waals surface area contributed by atoms with Crippen LogP contribution in [0.5, 0.6) is 5.75 Å². The minimum Gasteiger partial charge on any atom is -0.497 e. The maximum Gasteiger partial charge on any atom is 0.119 e. The molecule has 0 atom stereocenters. The highest BCUT2D eigenvalue weighted by atomic mass is 16.5. The molecule has 0 spiro atoms. The van der Waals surface area contributed by atoms with E-state index in [1.807, 2.05) is 0 Å². The summed E-state index contributed by atoms with van der Waals surface area (Å²) in [5, 5.41) is 1.26. The van der Waals surface area contributed by atoms with E-state index in [1.165, 1.54) is 33.3 Å². The van der Waals surface area contributed by atoms with Gasteiger partial charge in [0.2, 0.25) is 0 Å². The Bertz CT molecular complexity index is 790. The van der Waals surface area contributed by atoms with Crippen molar-refractivity contribution in [2.24, 2.45) is 5.73 Å². The number of rotatable bonds is 6. The van der Waals surface area contributed by atoms with E-state index < -0.39 is 0 Å². The highest BCUT2D eigenvalue weighted by molar-refractivity contribution is 5.93. The molecule has 0 radical (unpaired) electrons. The lowest BCUT2D eigenvalue weighted by atomic mass is 9.99. The number of unbranched alkanes of at least 4 members (excludes halogenated alkanes) is 1. The van der Waals surface area contributed by atoms with Gasteiger partial charge in [-0.25, -0.2) is 0 Å². The molecule has 0 bridgehead atoms. The van der Waals surface area contributed by atoms with Crippen LogP contribution in [0.1, 0.15) is 24.0 Å². The van der Waals surface area contributed by atoms with Crippen molar-refractivity contribution in [2.75, 3.05) is 13.7 Å². The fourth-order valence-corrected chi connectivity index (χ4v) is 3.17. The molecule has 0 unspecified atom stereocenters. The summed E-state index contributed by atoms with van der Waals surface area (Å²) >= 11 is 0. The van der Waals surface area contributed by atoms with Crippen LogP contribution in [0.4, 0.5) is 0 Å². The molecule has 1 aromatic heterocycles. The monoisotopic (exact) mass is 308 g/mol. The van der Waals surface area contributed by atoms with Crippen LogP contribution in [-0.4, -0.2) is 18.6 Å². The zero-order valence-corrected chi connectivity index (χ0v) is 13.9. The summed E-state index contributed by atoms with van der Waals surface area (Å²) in [7, 11) is 1.72. The van der Waals surface area contributed by atoms with Gasteiger partial charge < -0.3 is 15.5 Å². The highest BCUT2D eigenvalue weighted by Crippen LogP contribution is 2.35. The number of nitrogens with one attached hydrogen (secondary N) is 1. The topological polar surface area (TPSA) is 51.0 Å². The molecule has 120 valence electrons. The Morgan fingerprint density at radius 1 is 1.09 bits per heavy atom. The molecule has 3 heteroatoms.